The van der Waals surface area contributed by atoms with Gasteiger partial charge in [-0.15, -0.1) is 0 Å². The molecular weight excluding hydrogens is 476 g/mol. The Kier molecular flexibility index (Phi) is 7.55. The Balaban J connectivity index is 1.44. The third-order valence-electron chi connectivity index (χ3n) is 6.30. The monoisotopic (exact) mass is 502 g/mol. The summed E-state index contributed by atoms with van der Waals surface area (Å²) < 4.78 is 6.12. The van der Waals surface area contributed by atoms with Gasteiger partial charge in [0.2, 0.25) is 0 Å². The number of amides is 1. The molecule has 1 aliphatic heterocycles. The molecule has 0 N–H and O–H groups in total. The molecule has 0 spiro atoms. The van der Waals surface area contributed by atoms with Crippen LogP contribution in [-0.4, -0.2) is 22.0 Å². The first-order chi connectivity index (χ1) is 17.2. The minimum Gasteiger partial charge on any atom is -0.488 e. The van der Waals surface area contributed by atoms with Gasteiger partial charge in [-0.1, -0.05) is 85.5 Å². The van der Waals surface area contributed by atoms with Crippen LogP contribution >= 0.6 is 23.4 Å². The quantitative estimate of drug-likeness (QED) is 0.322. The molecule has 35 heavy (non-hydrogen) atoms. The molecule has 1 saturated heterocycles. The van der Waals surface area contributed by atoms with E-state index >= 15 is 0 Å². The number of rotatable bonds is 6. The molecule has 0 atom stereocenters. The highest BCUT2D eigenvalue weighted by molar-refractivity contribution is 8.18. The van der Waals surface area contributed by atoms with Gasteiger partial charge in [-0.2, -0.15) is 0 Å². The highest BCUT2D eigenvalue weighted by Crippen LogP contribution is 2.39. The van der Waals surface area contributed by atoms with Gasteiger partial charge in [-0.05, 0) is 54.9 Å². The Morgan fingerprint density at radius 1 is 0.943 bits per heavy atom. The lowest BCUT2D eigenvalue weighted by atomic mass is 9.94. The minimum atomic E-state index is 0.0255. The predicted molar refractivity (Wildman–Crippen MR) is 145 cm³/mol. The van der Waals surface area contributed by atoms with Crippen LogP contribution in [0.25, 0.3) is 6.08 Å². The van der Waals surface area contributed by atoms with E-state index in [9.17, 15) is 4.79 Å². The second-order valence-corrected chi connectivity index (χ2v) is 10.1. The summed E-state index contributed by atoms with van der Waals surface area (Å²) in [6.07, 6.45) is 7.49. The third kappa shape index (κ3) is 5.63. The van der Waals surface area contributed by atoms with Crippen molar-refractivity contribution < 1.29 is 9.53 Å². The molecule has 0 aromatic heterocycles. The number of carbonyl (C=O) groups is 1. The Labute approximate surface area is 215 Å². The van der Waals surface area contributed by atoms with E-state index in [2.05, 4.69) is 0 Å². The van der Waals surface area contributed by atoms with Crippen molar-refractivity contribution in [2.75, 3.05) is 0 Å². The Morgan fingerprint density at radius 2 is 1.66 bits per heavy atom. The van der Waals surface area contributed by atoms with E-state index in [1.165, 1.54) is 18.2 Å². The smallest absolute Gasteiger partial charge is 0.267 e. The summed E-state index contributed by atoms with van der Waals surface area (Å²) in [6.45, 7) is 0.357. The number of carbonyl (C=O) groups excluding carboxylic acids is 1. The standard InChI is InChI=1S/C29H27ClN2O2S/c30-25-17-9-7-12-22(25)20-34-26-18-10-8-11-21(26)19-27-28(33)32(24-15-5-2-6-16-24)29(35-27)31-23-13-3-1-4-14-23/h1,3-4,7-14,17-19,24H,2,5-6,15-16,20H2/b27-19-,31-29?. The first kappa shape index (κ1) is 23.7. The SMILES string of the molecule is O=C1/C(=C/c2ccccc2OCc2ccccc2Cl)SC(=Nc2ccccc2)N1C1CCCCC1. The fourth-order valence-corrected chi connectivity index (χ4v) is 5.72. The van der Waals surface area contributed by atoms with Crippen LogP contribution in [0.5, 0.6) is 5.75 Å². The molecule has 0 bridgehead atoms. The molecule has 4 nitrogen and oxygen atoms in total. The van der Waals surface area contributed by atoms with Crippen LogP contribution in [0.4, 0.5) is 5.69 Å². The Hall–Kier alpha value is -3.02. The molecular formula is C29H27ClN2O2S. The average molecular weight is 503 g/mol. The summed E-state index contributed by atoms with van der Waals surface area (Å²) in [5, 5.41) is 1.43. The number of hydrogen-bond acceptors (Lipinski definition) is 4. The minimum absolute atomic E-state index is 0.0255. The maximum Gasteiger partial charge on any atom is 0.267 e. The van der Waals surface area contributed by atoms with Crippen molar-refractivity contribution >= 4 is 46.2 Å². The van der Waals surface area contributed by atoms with Crippen molar-refractivity contribution in [1.29, 1.82) is 0 Å². The zero-order valence-electron chi connectivity index (χ0n) is 19.4. The normalized spacial score (nSPS) is 19.0. The fraction of sp³-hybridized carbons (Fsp3) is 0.241. The van der Waals surface area contributed by atoms with Crippen molar-refractivity contribution in [3.8, 4) is 5.75 Å². The molecule has 6 heteroatoms. The van der Waals surface area contributed by atoms with Gasteiger partial charge in [-0.25, -0.2) is 4.99 Å². The number of hydrogen-bond donors (Lipinski definition) is 0. The van der Waals surface area contributed by atoms with Gasteiger partial charge in [0.15, 0.2) is 5.17 Å². The van der Waals surface area contributed by atoms with E-state index in [-0.39, 0.29) is 11.9 Å². The van der Waals surface area contributed by atoms with Crippen LogP contribution < -0.4 is 4.74 Å². The number of benzene rings is 3. The van der Waals surface area contributed by atoms with Gasteiger partial charge < -0.3 is 4.74 Å². The van der Waals surface area contributed by atoms with Gasteiger partial charge >= 0.3 is 0 Å². The maximum absolute atomic E-state index is 13.6. The van der Waals surface area contributed by atoms with Crippen molar-refractivity contribution in [2.45, 2.75) is 44.8 Å². The molecule has 1 amide bonds. The van der Waals surface area contributed by atoms with Gasteiger partial charge in [0, 0.05) is 22.2 Å². The van der Waals surface area contributed by atoms with Crippen LogP contribution in [-0.2, 0) is 11.4 Å². The fourth-order valence-electron chi connectivity index (χ4n) is 4.48. The van der Waals surface area contributed by atoms with E-state index < -0.39 is 0 Å². The highest BCUT2D eigenvalue weighted by atomic mass is 35.5. The van der Waals surface area contributed by atoms with E-state index in [0.29, 0.717) is 22.3 Å². The molecule has 0 unspecified atom stereocenters. The number of para-hydroxylation sites is 2. The molecule has 0 radical (unpaired) electrons. The van der Waals surface area contributed by atoms with E-state index in [0.717, 1.165) is 47.7 Å². The summed E-state index contributed by atoms with van der Waals surface area (Å²) in [7, 11) is 0. The summed E-state index contributed by atoms with van der Waals surface area (Å²) in [6, 6.07) is 25.5. The van der Waals surface area contributed by atoms with Gasteiger partial charge in [0.05, 0.1) is 10.6 Å². The molecule has 1 aliphatic carbocycles. The number of halogens is 1. The van der Waals surface area contributed by atoms with E-state index in [4.69, 9.17) is 21.3 Å². The molecule has 1 heterocycles. The number of ether oxygens (including phenoxy) is 1. The summed E-state index contributed by atoms with van der Waals surface area (Å²) in [4.78, 5) is 21.1. The third-order valence-corrected chi connectivity index (χ3v) is 7.66. The van der Waals surface area contributed by atoms with Gasteiger partial charge in [0.1, 0.15) is 12.4 Å². The lowest BCUT2D eigenvalue weighted by molar-refractivity contribution is -0.124. The Bertz CT molecular complexity index is 1250. The highest BCUT2D eigenvalue weighted by Gasteiger charge is 2.38. The van der Waals surface area contributed by atoms with Gasteiger partial charge in [-0.3, -0.25) is 9.69 Å². The first-order valence-corrected chi connectivity index (χ1v) is 13.2. The molecule has 5 rings (SSSR count). The summed E-state index contributed by atoms with van der Waals surface area (Å²) >= 11 is 7.75. The van der Waals surface area contributed by atoms with Crippen LogP contribution in [0.2, 0.25) is 5.02 Å². The Morgan fingerprint density at radius 3 is 2.46 bits per heavy atom. The topological polar surface area (TPSA) is 41.9 Å². The lowest BCUT2D eigenvalue weighted by Gasteiger charge is -2.30. The lowest BCUT2D eigenvalue weighted by Crippen LogP contribution is -2.40. The van der Waals surface area contributed by atoms with Crippen LogP contribution in [0.3, 0.4) is 0 Å². The number of nitrogens with zero attached hydrogens (tertiary/aromatic N) is 2. The second kappa shape index (κ2) is 11.1. The zero-order valence-corrected chi connectivity index (χ0v) is 21.0. The van der Waals surface area contributed by atoms with E-state index in [1.807, 2.05) is 89.8 Å². The van der Waals surface area contributed by atoms with Crippen molar-refractivity contribution in [1.82, 2.24) is 4.90 Å². The van der Waals surface area contributed by atoms with Crippen LogP contribution in [0.15, 0.2) is 88.8 Å². The van der Waals surface area contributed by atoms with Crippen LogP contribution in [0.1, 0.15) is 43.2 Å². The van der Waals surface area contributed by atoms with Crippen molar-refractivity contribution in [2.24, 2.45) is 4.99 Å². The largest absolute Gasteiger partial charge is 0.488 e. The van der Waals surface area contributed by atoms with Gasteiger partial charge in [0.25, 0.3) is 5.91 Å². The number of aliphatic imine (C=N–C) groups is 1. The summed E-state index contributed by atoms with van der Waals surface area (Å²) in [5.41, 5.74) is 2.64. The first-order valence-electron chi connectivity index (χ1n) is 12.0. The molecule has 1 saturated carbocycles. The molecule has 178 valence electrons. The van der Waals surface area contributed by atoms with E-state index in [1.54, 1.807) is 0 Å². The maximum atomic E-state index is 13.6. The molecule has 3 aromatic rings. The molecule has 2 aliphatic rings. The number of thioether (sulfide) groups is 1. The molecule has 3 aromatic carbocycles. The zero-order chi connectivity index (χ0) is 24.0. The average Bonchev–Trinajstić information content (AvgIpc) is 3.19. The number of amidine groups is 1. The van der Waals surface area contributed by atoms with Crippen molar-refractivity contribution in [3.63, 3.8) is 0 Å². The molecule has 2 fully saturated rings. The van der Waals surface area contributed by atoms with Crippen LogP contribution in [0, 0.1) is 0 Å². The van der Waals surface area contributed by atoms with Crippen molar-refractivity contribution in [3.05, 3.63) is 99.9 Å². The predicted octanol–water partition coefficient (Wildman–Crippen LogP) is 7.86. The second-order valence-electron chi connectivity index (χ2n) is 8.73. The summed E-state index contributed by atoms with van der Waals surface area (Å²) in [5.74, 6) is 0.739.